The average molecular weight is 697 g/mol. The smallest absolute Gasteiger partial charge is 0.254 e. The zero-order chi connectivity index (χ0) is 36.2. The summed E-state index contributed by atoms with van der Waals surface area (Å²) in [5, 5.41) is 11.3. The Hall–Kier alpha value is -4.75. The number of ether oxygens (including phenoxy) is 2. The van der Waals surface area contributed by atoms with Gasteiger partial charge in [0.1, 0.15) is 29.2 Å². The number of allylic oxidation sites excluding steroid dienone is 2. The van der Waals surface area contributed by atoms with E-state index in [0.29, 0.717) is 57.2 Å². The molecule has 50 heavy (non-hydrogen) atoms. The van der Waals surface area contributed by atoms with Crippen LogP contribution in [0.2, 0.25) is 0 Å². The van der Waals surface area contributed by atoms with Gasteiger partial charge in [0, 0.05) is 37.7 Å². The van der Waals surface area contributed by atoms with Crippen molar-refractivity contribution in [1.29, 1.82) is 5.26 Å². The average Bonchev–Trinajstić information content (AvgIpc) is 3.52. The van der Waals surface area contributed by atoms with E-state index in [1.165, 1.54) is 23.3 Å². The quantitative estimate of drug-likeness (QED) is 0.138. The van der Waals surface area contributed by atoms with Crippen molar-refractivity contribution >= 4 is 40.0 Å². The molecule has 1 amide bonds. The van der Waals surface area contributed by atoms with Crippen LogP contribution in [-0.2, 0) is 9.59 Å². The largest absolute Gasteiger partial charge is 0.496 e. The van der Waals surface area contributed by atoms with Crippen molar-refractivity contribution < 1.29 is 23.9 Å². The normalized spacial score (nSPS) is 15.5. The molecule has 1 unspecified atom stereocenters. The lowest BCUT2D eigenvalue weighted by Crippen LogP contribution is -2.43. The highest BCUT2D eigenvalue weighted by atomic mass is 32.1. The molecular formula is C40H48N4O5S. The van der Waals surface area contributed by atoms with E-state index in [9.17, 15) is 19.6 Å². The molecule has 10 heteroatoms. The molecule has 0 saturated carbocycles. The van der Waals surface area contributed by atoms with Crippen molar-refractivity contribution in [2.75, 3.05) is 39.3 Å². The third-order valence-corrected chi connectivity index (χ3v) is 10.0. The van der Waals surface area contributed by atoms with Gasteiger partial charge in [-0.15, -0.1) is 0 Å². The highest BCUT2D eigenvalue weighted by molar-refractivity contribution is 7.17. The fraction of sp³-hybridized carbons (Fsp3) is 0.425. The Morgan fingerprint density at radius 1 is 0.960 bits per heavy atom. The number of rotatable bonds is 16. The van der Waals surface area contributed by atoms with Crippen LogP contribution in [0.5, 0.6) is 11.5 Å². The summed E-state index contributed by atoms with van der Waals surface area (Å²) in [6.07, 6.45) is 7.44. The molecule has 1 heterocycles. The number of benzene rings is 2. The van der Waals surface area contributed by atoms with E-state index >= 15 is 0 Å². The summed E-state index contributed by atoms with van der Waals surface area (Å²) < 4.78 is 11.6. The Labute approximate surface area is 300 Å². The molecule has 0 saturated heterocycles. The van der Waals surface area contributed by atoms with Crippen molar-refractivity contribution in [1.82, 2.24) is 9.88 Å². The molecule has 3 aromatic rings. The minimum Gasteiger partial charge on any atom is -0.496 e. The number of amides is 1. The minimum absolute atomic E-state index is 0.0815. The number of Topliss-reactive ketones (excluding diaryl/α,β-unsaturated/α-hetero) is 2. The van der Waals surface area contributed by atoms with Crippen LogP contribution >= 0.6 is 11.3 Å². The van der Waals surface area contributed by atoms with Gasteiger partial charge in [-0.2, -0.15) is 5.26 Å². The molecule has 1 aliphatic carbocycles. The zero-order valence-corrected chi connectivity index (χ0v) is 30.9. The number of thiazole rings is 1. The molecule has 0 radical (unpaired) electrons. The van der Waals surface area contributed by atoms with E-state index in [0.717, 1.165) is 50.3 Å². The number of ketones is 2. The summed E-state index contributed by atoms with van der Waals surface area (Å²) in [5.41, 5.74) is 2.27. The maximum Gasteiger partial charge on any atom is 0.254 e. The van der Waals surface area contributed by atoms with Crippen molar-refractivity contribution in [3.63, 3.8) is 0 Å². The Morgan fingerprint density at radius 2 is 1.58 bits per heavy atom. The van der Waals surface area contributed by atoms with E-state index in [1.807, 2.05) is 25.1 Å². The summed E-state index contributed by atoms with van der Waals surface area (Å²) in [4.78, 5) is 51.5. The first kappa shape index (κ1) is 38.1. The number of methoxy groups -OCH3 is 2. The van der Waals surface area contributed by atoms with Crippen molar-refractivity contribution in [3.05, 3.63) is 75.7 Å². The van der Waals surface area contributed by atoms with Gasteiger partial charge in [0.05, 0.1) is 30.4 Å². The van der Waals surface area contributed by atoms with Crippen molar-refractivity contribution in [2.24, 2.45) is 0 Å². The third-order valence-electron chi connectivity index (χ3n) is 8.97. The van der Waals surface area contributed by atoms with Crippen LogP contribution in [0.4, 0.5) is 5.13 Å². The van der Waals surface area contributed by atoms with Crippen LogP contribution in [0, 0.1) is 11.3 Å². The van der Waals surface area contributed by atoms with Crippen LogP contribution in [-0.4, -0.2) is 67.8 Å². The topological polar surface area (TPSA) is 113 Å². The van der Waals surface area contributed by atoms with E-state index in [2.05, 4.69) is 24.8 Å². The Balaban J connectivity index is 1.96. The number of nitriles is 1. The minimum atomic E-state index is -1.13. The molecule has 1 aliphatic rings. The highest BCUT2D eigenvalue weighted by Gasteiger charge is 2.38. The van der Waals surface area contributed by atoms with E-state index in [4.69, 9.17) is 14.5 Å². The number of carbonyl (C=O) groups excluding carboxylic acids is 3. The molecule has 0 bridgehead atoms. The number of hydrogen-bond donors (Lipinski definition) is 0. The van der Waals surface area contributed by atoms with E-state index in [1.54, 1.807) is 50.6 Å². The second-order valence-corrected chi connectivity index (χ2v) is 13.4. The Morgan fingerprint density at radius 3 is 2.14 bits per heavy atom. The van der Waals surface area contributed by atoms with Crippen LogP contribution < -0.4 is 14.4 Å². The van der Waals surface area contributed by atoms with Gasteiger partial charge in [-0.25, -0.2) is 4.98 Å². The molecule has 2 aromatic carbocycles. The molecule has 264 valence electrons. The number of unbranched alkanes of at least 4 members (excludes halogenated alkanes) is 3. The number of hydrogen-bond acceptors (Lipinski definition) is 9. The maximum atomic E-state index is 14.4. The summed E-state index contributed by atoms with van der Waals surface area (Å²) >= 11 is 1.47. The van der Waals surface area contributed by atoms with Gasteiger partial charge in [-0.05, 0) is 61.6 Å². The molecule has 0 fully saturated rings. The first-order chi connectivity index (χ1) is 24.2. The van der Waals surface area contributed by atoms with Gasteiger partial charge in [-0.1, -0.05) is 75.6 Å². The predicted molar refractivity (Wildman–Crippen MR) is 200 cm³/mol. The van der Waals surface area contributed by atoms with Crippen LogP contribution in [0.1, 0.15) is 87.4 Å². The Bertz CT molecular complexity index is 1740. The van der Waals surface area contributed by atoms with Crippen molar-refractivity contribution in [2.45, 2.75) is 78.2 Å². The Kier molecular flexibility index (Phi) is 13.9. The first-order valence-corrected chi connectivity index (χ1v) is 18.3. The number of nitrogens with zero attached hydrogens (tertiary/aromatic N) is 4. The lowest BCUT2D eigenvalue weighted by molar-refractivity contribution is -0.123. The van der Waals surface area contributed by atoms with Crippen LogP contribution in [0.25, 0.3) is 17.3 Å². The molecule has 9 nitrogen and oxygen atoms in total. The summed E-state index contributed by atoms with van der Waals surface area (Å²) in [5.74, 6) is -0.0958. The maximum absolute atomic E-state index is 14.4. The lowest BCUT2D eigenvalue weighted by atomic mass is 9.92. The van der Waals surface area contributed by atoms with Crippen LogP contribution in [0.15, 0.2) is 65.3 Å². The molecule has 4 rings (SSSR count). The summed E-state index contributed by atoms with van der Waals surface area (Å²) in [7, 11) is 4.71. The fourth-order valence-electron chi connectivity index (χ4n) is 6.09. The molecule has 0 N–H and O–H groups in total. The van der Waals surface area contributed by atoms with Gasteiger partial charge in [0.15, 0.2) is 16.7 Å². The third kappa shape index (κ3) is 8.51. The first-order valence-electron chi connectivity index (χ1n) is 17.5. The summed E-state index contributed by atoms with van der Waals surface area (Å²) in [6.45, 7) is 8.01. The summed E-state index contributed by atoms with van der Waals surface area (Å²) in [6, 6.07) is 15.2. The van der Waals surface area contributed by atoms with Gasteiger partial charge in [0.2, 0.25) is 0 Å². The lowest BCUT2D eigenvalue weighted by Gasteiger charge is -2.25. The van der Waals surface area contributed by atoms with Crippen molar-refractivity contribution in [3.8, 4) is 28.8 Å². The SMILES string of the molecule is CCCCC1=C(C#N)C(=O)C(N(C)C(=O)c2ccccc2)CC(=O)/C1=C\c1sc(N(CCCC)CCCC)nc1-c1c(OC)cccc1OC. The van der Waals surface area contributed by atoms with Gasteiger partial charge >= 0.3 is 0 Å². The van der Waals surface area contributed by atoms with E-state index in [-0.39, 0.29) is 17.8 Å². The monoisotopic (exact) mass is 696 g/mol. The molecule has 0 spiro atoms. The zero-order valence-electron chi connectivity index (χ0n) is 30.1. The molecular weight excluding hydrogens is 649 g/mol. The number of anilines is 1. The fourth-order valence-corrected chi connectivity index (χ4v) is 7.15. The predicted octanol–water partition coefficient (Wildman–Crippen LogP) is 8.31. The highest BCUT2D eigenvalue weighted by Crippen LogP contribution is 2.45. The molecule has 1 atom stereocenters. The standard InChI is InChI=1S/C40H48N4O5S/c1-7-10-19-28-29(32(45)25-31(38(46)30(28)26-41)43(4)39(47)27-17-14-13-15-18-27)24-35-37(36-33(48-5)20-16-21-34(36)49-6)42-40(50-35)44(22-11-8-2)23-12-9-3/h13-18,20-21,24,31H,7-12,19,22-23,25H2,1-6H3/b29-24-. The number of aromatic nitrogens is 1. The van der Waals surface area contributed by atoms with Gasteiger partial charge in [-0.3, -0.25) is 14.4 Å². The van der Waals surface area contributed by atoms with Gasteiger partial charge < -0.3 is 19.3 Å². The molecule has 0 aliphatic heterocycles. The molecule has 1 aromatic heterocycles. The number of carbonyl (C=O) groups is 3. The second kappa shape index (κ2) is 18.3. The van der Waals surface area contributed by atoms with Gasteiger partial charge in [0.25, 0.3) is 5.91 Å². The second-order valence-electron chi connectivity index (χ2n) is 12.4. The number of likely N-dealkylation sites (N-methyl/N-ethyl adjacent to an activating group) is 1. The van der Waals surface area contributed by atoms with Crippen LogP contribution in [0.3, 0.4) is 0 Å². The van der Waals surface area contributed by atoms with E-state index < -0.39 is 17.7 Å².